The molecule has 8 nitrogen and oxygen atoms in total. The third kappa shape index (κ3) is 2.80. The zero-order valence-electron chi connectivity index (χ0n) is 12.7. The van der Waals surface area contributed by atoms with Gasteiger partial charge < -0.3 is 18.7 Å². The van der Waals surface area contributed by atoms with Crippen molar-refractivity contribution in [2.75, 3.05) is 38.1 Å². The van der Waals surface area contributed by atoms with Gasteiger partial charge in [-0.25, -0.2) is 9.97 Å². The molecule has 1 fully saturated rings. The van der Waals surface area contributed by atoms with Crippen molar-refractivity contribution in [2.45, 2.75) is 0 Å². The summed E-state index contributed by atoms with van der Waals surface area (Å²) >= 11 is 0. The highest BCUT2D eigenvalue weighted by Gasteiger charge is 2.16. The van der Waals surface area contributed by atoms with Crippen molar-refractivity contribution in [1.29, 1.82) is 0 Å². The summed E-state index contributed by atoms with van der Waals surface area (Å²) in [6.45, 7) is 4.08. The fourth-order valence-electron chi connectivity index (χ4n) is 2.50. The van der Waals surface area contributed by atoms with Crippen molar-refractivity contribution in [3.8, 4) is 23.0 Å². The largest absolute Gasteiger partial charge is 0.451 e. The quantitative estimate of drug-likeness (QED) is 0.720. The third-order valence-electron chi connectivity index (χ3n) is 3.91. The first-order valence-corrected chi connectivity index (χ1v) is 7.42. The fourth-order valence-corrected chi connectivity index (χ4v) is 2.50. The molecule has 0 unspecified atom stereocenters. The lowest BCUT2D eigenvalue weighted by atomic mass is 10.2. The Morgan fingerprint density at radius 2 is 1.96 bits per heavy atom. The molecule has 0 amide bonds. The third-order valence-corrected chi connectivity index (χ3v) is 3.91. The van der Waals surface area contributed by atoms with Gasteiger partial charge in [0.25, 0.3) is 5.89 Å². The highest BCUT2D eigenvalue weighted by molar-refractivity contribution is 5.58. The predicted octanol–water partition coefficient (Wildman–Crippen LogP) is 1.54. The van der Waals surface area contributed by atoms with E-state index in [2.05, 4.69) is 37.0 Å². The summed E-state index contributed by atoms with van der Waals surface area (Å²) < 4.78 is 10.1. The summed E-state index contributed by atoms with van der Waals surface area (Å²) in [5, 5.41) is 3.97. The lowest BCUT2D eigenvalue weighted by Crippen LogP contribution is -2.44. The molecule has 3 aromatic heterocycles. The second-order valence-electron chi connectivity index (χ2n) is 5.49. The Kier molecular flexibility index (Phi) is 3.51. The van der Waals surface area contributed by atoms with Crippen LogP contribution >= 0.6 is 0 Å². The fraction of sp³-hybridized carbons (Fsp3) is 0.333. The number of piperazine rings is 1. The Morgan fingerprint density at radius 3 is 2.65 bits per heavy atom. The van der Waals surface area contributed by atoms with E-state index in [1.807, 2.05) is 12.1 Å². The molecule has 0 saturated carbocycles. The van der Waals surface area contributed by atoms with Crippen LogP contribution in [0, 0.1) is 0 Å². The summed E-state index contributed by atoms with van der Waals surface area (Å²) in [7, 11) is 2.14. The molecule has 0 atom stereocenters. The minimum Gasteiger partial charge on any atom is -0.451 e. The number of pyridine rings is 1. The first kappa shape index (κ1) is 13.9. The zero-order valence-corrected chi connectivity index (χ0v) is 12.7. The number of rotatable bonds is 3. The summed E-state index contributed by atoms with van der Waals surface area (Å²) in [5.74, 6) is 1.79. The number of hydrogen-bond donors (Lipinski definition) is 0. The standard InChI is InChI=1S/C15H16N6O2/c1-20-4-6-21(7-5-20)13-3-2-11(8-16-13)14-18-15(23-19-14)12-9-22-10-17-12/h2-3,8-10H,4-7H2,1H3. The minimum absolute atomic E-state index is 0.330. The number of nitrogens with zero attached hydrogens (tertiary/aromatic N) is 6. The van der Waals surface area contributed by atoms with Crippen LogP contribution in [0.5, 0.6) is 0 Å². The Labute approximate surface area is 132 Å². The van der Waals surface area contributed by atoms with E-state index < -0.39 is 0 Å². The van der Waals surface area contributed by atoms with Crippen molar-refractivity contribution in [3.63, 3.8) is 0 Å². The molecule has 0 aliphatic carbocycles. The Balaban J connectivity index is 1.52. The SMILES string of the molecule is CN1CCN(c2ccc(-c3noc(-c4cocn4)n3)cn2)CC1. The maximum absolute atomic E-state index is 5.19. The summed E-state index contributed by atoms with van der Waals surface area (Å²) in [4.78, 5) is 17.4. The predicted molar refractivity (Wildman–Crippen MR) is 82.7 cm³/mol. The zero-order chi connectivity index (χ0) is 15.6. The van der Waals surface area contributed by atoms with Gasteiger partial charge in [-0.1, -0.05) is 5.16 Å². The van der Waals surface area contributed by atoms with Crippen molar-refractivity contribution < 1.29 is 8.94 Å². The van der Waals surface area contributed by atoms with Gasteiger partial charge in [0.15, 0.2) is 12.1 Å². The Hall–Kier alpha value is -2.74. The van der Waals surface area contributed by atoms with E-state index in [0.717, 1.165) is 37.6 Å². The van der Waals surface area contributed by atoms with Crippen LogP contribution in [0.25, 0.3) is 23.0 Å². The van der Waals surface area contributed by atoms with Crippen LogP contribution in [0.1, 0.15) is 0 Å². The Bertz CT molecular complexity index is 760. The summed E-state index contributed by atoms with van der Waals surface area (Å²) in [5.41, 5.74) is 1.33. The van der Waals surface area contributed by atoms with Gasteiger partial charge in [0.1, 0.15) is 12.1 Å². The second-order valence-corrected chi connectivity index (χ2v) is 5.49. The van der Waals surface area contributed by atoms with E-state index in [4.69, 9.17) is 8.94 Å². The molecule has 0 N–H and O–H groups in total. The average molecular weight is 312 g/mol. The molecule has 1 aliphatic heterocycles. The maximum atomic E-state index is 5.19. The molecule has 118 valence electrons. The molecule has 0 aromatic carbocycles. The first-order chi connectivity index (χ1) is 11.3. The average Bonchev–Trinajstić information content (AvgIpc) is 3.27. The summed E-state index contributed by atoms with van der Waals surface area (Å²) in [6.07, 6.45) is 4.56. The molecule has 0 radical (unpaired) electrons. The van der Waals surface area contributed by atoms with Crippen LogP contribution in [0.2, 0.25) is 0 Å². The van der Waals surface area contributed by atoms with Crippen LogP contribution in [0.4, 0.5) is 5.82 Å². The number of oxazole rings is 1. The lowest BCUT2D eigenvalue weighted by Gasteiger charge is -2.33. The van der Waals surface area contributed by atoms with E-state index in [1.165, 1.54) is 12.7 Å². The van der Waals surface area contributed by atoms with Gasteiger partial charge in [0.2, 0.25) is 5.82 Å². The second kappa shape index (κ2) is 5.81. The molecule has 0 spiro atoms. The smallest absolute Gasteiger partial charge is 0.280 e. The monoisotopic (exact) mass is 312 g/mol. The van der Waals surface area contributed by atoms with Gasteiger partial charge in [-0.15, -0.1) is 0 Å². The van der Waals surface area contributed by atoms with Crippen molar-refractivity contribution in [1.82, 2.24) is 25.0 Å². The molecule has 1 saturated heterocycles. The van der Waals surface area contributed by atoms with Crippen molar-refractivity contribution in [2.24, 2.45) is 0 Å². The van der Waals surface area contributed by atoms with Gasteiger partial charge in [-0.05, 0) is 19.2 Å². The van der Waals surface area contributed by atoms with Crippen LogP contribution in [0.3, 0.4) is 0 Å². The lowest BCUT2D eigenvalue weighted by molar-refractivity contribution is 0.312. The molecular formula is C15H16N6O2. The van der Waals surface area contributed by atoms with Gasteiger partial charge in [0.05, 0.1) is 0 Å². The number of likely N-dealkylation sites (N-methyl/N-ethyl adjacent to an activating group) is 1. The van der Waals surface area contributed by atoms with Gasteiger partial charge in [-0.2, -0.15) is 4.98 Å². The molecule has 4 heterocycles. The number of aromatic nitrogens is 4. The van der Waals surface area contributed by atoms with Crippen LogP contribution in [-0.2, 0) is 0 Å². The van der Waals surface area contributed by atoms with Gasteiger partial charge in [0, 0.05) is 37.9 Å². The number of hydrogen-bond acceptors (Lipinski definition) is 8. The first-order valence-electron chi connectivity index (χ1n) is 7.42. The molecule has 3 aromatic rings. The van der Waals surface area contributed by atoms with E-state index in [-0.39, 0.29) is 0 Å². The molecule has 4 rings (SSSR count). The summed E-state index contributed by atoms with van der Waals surface area (Å²) in [6, 6.07) is 3.95. The van der Waals surface area contributed by atoms with E-state index in [0.29, 0.717) is 17.4 Å². The molecule has 1 aliphatic rings. The highest BCUT2D eigenvalue weighted by atomic mass is 16.5. The molecular weight excluding hydrogens is 296 g/mol. The van der Waals surface area contributed by atoms with E-state index in [9.17, 15) is 0 Å². The molecule has 23 heavy (non-hydrogen) atoms. The topological polar surface area (TPSA) is 84.3 Å². The van der Waals surface area contributed by atoms with Crippen molar-refractivity contribution >= 4 is 5.82 Å². The van der Waals surface area contributed by atoms with E-state index >= 15 is 0 Å². The normalized spacial score (nSPS) is 16.0. The highest BCUT2D eigenvalue weighted by Crippen LogP contribution is 2.22. The minimum atomic E-state index is 0.330. The Morgan fingerprint density at radius 1 is 1.09 bits per heavy atom. The molecule has 0 bridgehead atoms. The number of anilines is 1. The van der Waals surface area contributed by atoms with Crippen molar-refractivity contribution in [3.05, 3.63) is 31.0 Å². The van der Waals surface area contributed by atoms with Crippen LogP contribution in [-0.4, -0.2) is 58.2 Å². The van der Waals surface area contributed by atoms with Gasteiger partial charge >= 0.3 is 0 Å². The van der Waals surface area contributed by atoms with Crippen LogP contribution in [0.15, 0.2) is 39.9 Å². The van der Waals surface area contributed by atoms with Crippen LogP contribution < -0.4 is 4.90 Å². The van der Waals surface area contributed by atoms with E-state index in [1.54, 1.807) is 6.20 Å². The maximum Gasteiger partial charge on any atom is 0.280 e. The van der Waals surface area contributed by atoms with Gasteiger partial charge in [-0.3, -0.25) is 0 Å². The molecule has 8 heteroatoms.